The Kier molecular flexibility index (Phi) is 7.08. The molecule has 0 aliphatic heterocycles. The van der Waals surface area contributed by atoms with E-state index in [9.17, 15) is 14.5 Å². The molecule has 0 N–H and O–H groups in total. The Hall–Kier alpha value is -3.12. The molecule has 3 heterocycles. The van der Waals surface area contributed by atoms with Crippen molar-refractivity contribution in [2.45, 2.75) is 32.9 Å². The molecule has 0 amide bonds. The lowest BCUT2D eigenvalue weighted by atomic mass is 10.1. The summed E-state index contributed by atoms with van der Waals surface area (Å²) in [7, 11) is 0. The summed E-state index contributed by atoms with van der Waals surface area (Å²) in [5.41, 5.74) is 2.97. The molecule has 12 heteroatoms. The third-order valence-corrected chi connectivity index (χ3v) is 6.55. The van der Waals surface area contributed by atoms with E-state index < -0.39 is 22.7 Å². The molecule has 4 rings (SSSR count). The van der Waals surface area contributed by atoms with E-state index in [2.05, 4.69) is 46.9 Å². The summed E-state index contributed by atoms with van der Waals surface area (Å²) in [4.78, 5) is 18.9. The van der Waals surface area contributed by atoms with Gasteiger partial charge < -0.3 is 19.4 Å². The Morgan fingerprint density at radius 2 is 2.03 bits per heavy atom. The highest BCUT2D eigenvalue weighted by Crippen LogP contribution is 2.34. The highest BCUT2D eigenvalue weighted by atomic mass is 79.9. The molecular formula is C22H19Br2FN6O3. The van der Waals surface area contributed by atoms with Crippen LogP contribution in [0.25, 0.3) is 5.69 Å². The number of hydrogen-bond donors (Lipinski definition) is 0. The lowest BCUT2D eigenvalue weighted by Gasteiger charge is -2.20. The van der Waals surface area contributed by atoms with Crippen molar-refractivity contribution < 1.29 is 14.1 Å². The fourth-order valence-corrected chi connectivity index (χ4v) is 4.47. The van der Waals surface area contributed by atoms with Gasteiger partial charge in [-0.3, -0.25) is 4.68 Å². The molecule has 0 bridgehead atoms. The molecule has 0 aliphatic carbocycles. The summed E-state index contributed by atoms with van der Waals surface area (Å²) in [5, 5.41) is 15.7. The molecule has 0 fully saturated rings. The van der Waals surface area contributed by atoms with Gasteiger partial charge in [-0.15, -0.1) is 0 Å². The normalized spacial score (nSPS) is 12.0. The van der Waals surface area contributed by atoms with Crippen molar-refractivity contribution in [1.82, 2.24) is 24.3 Å². The number of aromatic nitrogens is 5. The van der Waals surface area contributed by atoms with Gasteiger partial charge in [0.25, 0.3) is 0 Å². The number of halogens is 3. The Labute approximate surface area is 211 Å². The van der Waals surface area contributed by atoms with Crippen molar-refractivity contribution in [3.05, 3.63) is 91.0 Å². The molecule has 3 aromatic heterocycles. The predicted octanol–water partition coefficient (Wildman–Crippen LogP) is 5.79. The molecule has 0 spiro atoms. The summed E-state index contributed by atoms with van der Waals surface area (Å²) in [6, 6.07) is 5.80. The van der Waals surface area contributed by atoms with E-state index in [0.29, 0.717) is 22.1 Å². The third kappa shape index (κ3) is 4.87. The van der Waals surface area contributed by atoms with Crippen LogP contribution in [0.4, 0.5) is 10.2 Å². The van der Waals surface area contributed by atoms with Gasteiger partial charge >= 0.3 is 5.82 Å². The molecule has 0 saturated heterocycles. The van der Waals surface area contributed by atoms with Crippen LogP contribution >= 0.6 is 31.9 Å². The Morgan fingerprint density at radius 1 is 1.24 bits per heavy atom. The van der Waals surface area contributed by atoms with Crippen LogP contribution in [-0.2, 0) is 13.0 Å². The van der Waals surface area contributed by atoms with Crippen LogP contribution in [0.15, 0.2) is 58.3 Å². The molecule has 176 valence electrons. The van der Waals surface area contributed by atoms with E-state index in [1.807, 2.05) is 16.2 Å². The minimum Gasteiger partial charge on any atom is -0.478 e. The molecule has 9 nitrogen and oxygen atoms in total. The van der Waals surface area contributed by atoms with Crippen LogP contribution in [0, 0.1) is 15.9 Å². The van der Waals surface area contributed by atoms with Crippen molar-refractivity contribution in [3.63, 3.8) is 0 Å². The van der Waals surface area contributed by atoms with Gasteiger partial charge in [-0.25, -0.2) is 9.37 Å². The maximum atomic E-state index is 14.3. The van der Waals surface area contributed by atoms with E-state index in [0.717, 1.165) is 22.4 Å². The van der Waals surface area contributed by atoms with E-state index in [1.165, 1.54) is 24.4 Å². The summed E-state index contributed by atoms with van der Waals surface area (Å²) in [5.74, 6) is -0.900. The molecule has 1 unspecified atom stereocenters. The van der Waals surface area contributed by atoms with Crippen molar-refractivity contribution in [2.24, 2.45) is 0 Å². The number of nitrogens with zero attached hydrogens (tertiary/aromatic N) is 6. The second kappa shape index (κ2) is 10.0. The molecular weight excluding hydrogens is 575 g/mol. The van der Waals surface area contributed by atoms with Crippen LogP contribution in [0.3, 0.4) is 0 Å². The second-order valence-electron chi connectivity index (χ2n) is 7.40. The molecule has 1 aromatic carbocycles. The summed E-state index contributed by atoms with van der Waals surface area (Å²) in [6.07, 6.45) is 6.29. The second-order valence-corrected chi connectivity index (χ2v) is 9.07. The van der Waals surface area contributed by atoms with Crippen LogP contribution < -0.4 is 4.74 Å². The first kappa shape index (κ1) is 24.0. The number of aryl methyl sites for hydroxylation is 1. The highest BCUT2D eigenvalue weighted by molar-refractivity contribution is 9.10. The number of rotatable bonds is 8. The molecule has 4 aromatic rings. The lowest BCUT2D eigenvalue weighted by molar-refractivity contribution is -0.390. The van der Waals surface area contributed by atoms with Gasteiger partial charge in [0.05, 0.1) is 22.7 Å². The van der Waals surface area contributed by atoms with Gasteiger partial charge in [0, 0.05) is 42.0 Å². The largest absolute Gasteiger partial charge is 0.478 e. The Bertz CT molecular complexity index is 1360. The summed E-state index contributed by atoms with van der Waals surface area (Å²) in [6.45, 7) is 4.43. The zero-order valence-corrected chi connectivity index (χ0v) is 21.3. The van der Waals surface area contributed by atoms with E-state index in [4.69, 9.17) is 4.74 Å². The van der Waals surface area contributed by atoms with E-state index in [1.54, 1.807) is 31.7 Å². The van der Waals surface area contributed by atoms with Gasteiger partial charge in [-0.2, -0.15) is 5.10 Å². The first-order valence-corrected chi connectivity index (χ1v) is 11.8. The first-order valence-electron chi connectivity index (χ1n) is 10.3. The number of hydrogen-bond acceptors (Lipinski definition) is 6. The van der Waals surface area contributed by atoms with Crippen LogP contribution in [0.1, 0.15) is 36.8 Å². The molecule has 0 saturated carbocycles. The quantitative estimate of drug-likeness (QED) is 0.189. The van der Waals surface area contributed by atoms with Gasteiger partial charge in [0.15, 0.2) is 6.20 Å². The molecule has 1 atom stereocenters. The fraction of sp³-hybridized carbons (Fsp3) is 0.227. The SMILES string of the molecule is CCn1ncc(Cc2cncn2-c2ccc(F)cc2C(C)Oc2cc(Br)cnc2[N+](=O)[O-])c1Br. The van der Waals surface area contributed by atoms with Gasteiger partial charge in [0.1, 0.15) is 16.5 Å². The van der Waals surface area contributed by atoms with E-state index >= 15 is 0 Å². The number of imidazole rings is 1. The van der Waals surface area contributed by atoms with Crippen LogP contribution in [-0.4, -0.2) is 29.2 Å². The first-order chi connectivity index (χ1) is 16.3. The Morgan fingerprint density at radius 3 is 2.74 bits per heavy atom. The van der Waals surface area contributed by atoms with Crippen molar-refractivity contribution in [2.75, 3.05) is 0 Å². The summed E-state index contributed by atoms with van der Waals surface area (Å²) < 4.78 is 25.3. The summed E-state index contributed by atoms with van der Waals surface area (Å²) >= 11 is 6.84. The molecule has 34 heavy (non-hydrogen) atoms. The average molecular weight is 594 g/mol. The highest BCUT2D eigenvalue weighted by Gasteiger charge is 2.23. The van der Waals surface area contributed by atoms with Crippen molar-refractivity contribution in [1.29, 1.82) is 0 Å². The smallest absolute Gasteiger partial charge is 0.406 e. The Balaban J connectivity index is 1.71. The fourth-order valence-electron chi connectivity index (χ4n) is 3.58. The number of benzene rings is 1. The number of ether oxygens (including phenoxy) is 1. The maximum Gasteiger partial charge on any atom is 0.406 e. The van der Waals surface area contributed by atoms with Crippen molar-refractivity contribution >= 4 is 37.7 Å². The standard InChI is InChI=1S/C22H19Br2FN6O3/c1-3-30-21(24)14(9-28-30)6-17-11-26-12-29(17)19-5-4-16(25)8-18(19)13(2)34-20-7-15(23)10-27-22(20)31(32)33/h4-5,7-13H,3,6H2,1-2H3. The minimum atomic E-state index is -0.731. The molecule has 0 aliphatic rings. The number of pyridine rings is 1. The number of nitro groups is 1. The van der Waals surface area contributed by atoms with E-state index in [-0.39, 0.29) is 5.75 Å². The van der Waals surface area contributed by atoms with Gasteiger partial charge in [-0.1, -0.05) is 0 Å². The third-order valence-electron chi connectivity index (χ3n) is 5.19. The molecule has 0 radical (unpaired) electrons. The zero-order chi connectivity index (χ0) is 24.4. The van der Waals surface area contributed by atoms with Crippen molar-refractivity contribution in [3.8, 4) is 11.4 Å². The maximum absolute atomic E-state index is 14.3. The monoisotopic (exact) mass is 592 g/mol. The van der Waals surface area contributed by atoms with Crippen LogP contribution in [0.5, 0.6) is 5.75 Å². The minimum absolute atomic E-state index is 0.0242. The zero-order valence-electron chi connectivity index (χ0n) is 18.2. The van der Waals surface area contributed by atoms with Crippen LogP contribution in [0.2, 0.25) is 0 Å². The predicted molar refractivity (Wildman–Crippen MR) is 130 cm³/mol. The average Bonchev–Trinajstić information content (AvgIpc) is 3.40. The lowest BCUT2D eigenvalue weighted by Crippen LogP contribution is -2.11. The van der Waals surface area contributed by atoms with Gasteiger partial charge in [-0.05, 0) is 73.8 Å². The topological polar surface area (TPSA) is 101 Å². The van der Waals surface area contributed by atoms with Gasteiger partial charge in [0.2, 0.25) is 5.75 Å².